The van der Waals surface area contributed by atoms with Crippen molar-refractivity contribution in [3.63, 3.8) is 0 Å². The van der Waals surface area contributed by atoms with Crippen LogP contribution >= 0.6 is 0 Å². The molecule has 2 fully saturated rings. The third kappa shape index (κ3) is 5.98. The minimum Gasteiger partial charge on any atom is -0.376 e. The van der Waals surface area contributed by atoms with Crippen molar-refractivity contribution in [2.75, 3.05) is 25.0 Å². The Morgan fingerprint density at radius 2 is 1.97 bits per heavy atom. The van der Waals surface area contributed by atoms with E-state index < -0.39 is 25.1 Å². The van der Waals surface area contributed by atoms with Crippen LogP contribution in [0.1, 0.15) is 37.8 Å². The number of anilines is 1. The average Bonchev–Trinajstić information content (AvgIpc) is 3.39. The number of hydrogen-bond donors (Lipinski definition) is 3. The minimum absolute atomic E-state index is 0.00309. The summed E-state index contributed by atoms with van der Waals surface area (Å²) in [6.45, 7) is 0.794. The number of piperidine rings is 1. The van der Waals surface area contributed by atoms with Crippen LogP contribution in [-0.4, -0.2) is 60.6 Å². The first-order chi connectivity index (χ1) is 15.1. The number of rotatable bonds is 10. The SMILES string of the molecule is CC(=O)C(N)c1ccccc1NCC(=O)N1[C@@H]2C[C@@H]2C[C@H]1C(=O)NCCCOC(F)(F)F. The highest BCUT2D eigenvalue weighted by atomic mass is 19.4. The third-order valence-electron chi connectivity index (χ3n) is 5.74. The van der Waals surface area contributed by atoms with Gasteiger partial charge in [0.15, 0.2) is 5.78 Å². The van der Waals surface area contributed by atoms with Gasteiger partial charge in [-0.1, -0.05) is 18.2 Å². The van der Waals surface area contributed by atoms with Gasteiger partial charge in [0.05, 0.1) is 19.2 Å². The number of nitrogens with one attached hydrogen (secondary N) is 2. The summed E-state index contributed by atoms with van der Waals surface area (Å²) in [7, 11) is 0. The van der Waals surface area contributed by atoms with Crippen LogP contribution < -0.4 is 16.4 Å². The number of likely N-dealkylation sites (tertiary alicyclic amines) is 1. The fraction of sp³-hybridized carbons (Fsp3) is 0.571. The molecule has 2 aliphatic rings. The maximum atomic E-state index is 12.9. The predicted molar refractivity (Wildman–Crippen MR) is 109 cm³/mol. The summed E-state index contributed by atoms with van der Waals surface area (Å²) < 4.78 is 39.7. The Morgan fingerprint density at radius 1 is 1.25 bits per heavy atom. The van der Waals surface area contributed by atoms with Crippen molar-refractivity contribution in [2.45, 2.75) is 50.7 Å². The van der Waals surface area contributed by atoms with E-state index in [2.05, 4.69) is 15.4 Å². The molecule has 2 amide bonds. The van der Waals surface area contributed by atoms with Crippen molar-refractivity contribution in [1.29, 1.82) is 0 Å². The van der Waals surface area contributed by atoms with Crippen LogP contribution in [0.25, 0.3) is 0 Å². The van der Waals surface area contributed by atoms with E-state index in [0.717, 1.165) is 6.42 Å². The minimum atomic E-state index is -4.69. The van der Waals surface area contributed by atoms with Gasteiger partial charge in [-0.3, -0.25) is 19.1 Å². The Hall–Kier alpha value is -2.66. The van der Waals surface area contributed by atoms with E-state index in [-0.39, 0.29) is 49.1 Å². The lowest BCUT2D eigenvalue weighted by atomic mass is 10.0. The molecule has 1 aromatic rings. The summed E-state index contributed by atoms with van der Waals surface area (Å²) in [5.74, 6) is -0.580. The number of benzene rings is 1. The third-order valence-corrected chi connectivity index (χ3v) is 5.74. The highest BCUT2D eigenvalue weighted by molar-refractivity contribution is 5.91. The highest BCUT2D eigenvalue weighted by Gasteiger charge is 2.55. The second kappa shape index (κ2) is 9.86. The number of alkyl halides is 3. The molecule has 0 radical (unpaired) electrons. The first kappa shape index (κ1) is 24.0. The highest BCUT2D eigenvalue weighted by Crippen LogP contribution is 2.47. The molecule has 0 bridgehead atoms. The maximum Gasteiger partial charge on any atom is 0.522 e. The largest absolute Gasteiger partial charge is 0.522 e. The van der Waals surface area contributed by atoms with Gasteiger partial charge >= 0.3 is 6.36 Å². The molecule has 3 rings (SSSR count). The summed E-state index contributed by atoms with van der Waals surface area (Å²) in [4.78, 5) is 38.7. The van der Waals surface area contributed by atoms with Gasteiger partial charge in [0.1, 0.15) is 6.04 Å². The molecule has 0 spiro atoms. The standard InChI is InChI=1S/C21H27F3N4O4/c1-12(29)19(25)14-5-2-3-6-15(14)27-11-18(30)28-16-9-13(16)10-17(28)20(31)26-7-4-8-32-21(22,23)24/h2-3,5-6,13,16-17,19,27H,4,7-11,25H2,1H3,(H,26,31)/t13-,16-,17+,19?/m1/s1. The van der Waals surface area contributed by atoms with E-state index in [1.165, 1.54) is 6.92 Å². The first-order valence-electron chi connectivity index (χ1n) is 10.5. The van der Waals surface area contributed by atoms with Gasteiger partial charge in [0.25, 0.3) is 0 Å². The molecule has 0 aromatic heterocycles. The molecule has 176 valence electrons. The van der Waals surface area contributed by atoms with Crippen LogP contribution in [-0.2, 0) is 19.1 Å². The van der Waals surface area contributed by atoms with Gasteiger partial charge < -0.3 is 21.3 Å². The number of ketones is 1. The number of hydrogen-bond acceptors (Lipinski definition) is 6. The van der Waals surface area contributed by atoms with E-state index in [0.29, 0.717) is 17.7 Å². The molecule has 1 saturated heterocycles. The van der Waals surface area contributed by atoms with Crippen LogP contribution in [0.2, 0.25) is 0 Å². The fourth-order valence-corrected chi connectivity index (χ4v) is 4.05. The van der Waals surface area contributed by atoms with E-state index in [9.17, 15) is 27.6 Å². The Bertz CT molecular complexity index is 864. The number of carbonyl (C=O) groups excluding carboxylic acids is 3. The van der Waals surface area contributed by atoms with Gasteiger partial charge in [-0.2, -0.15) is 0 Å². The molecule has 1 heterocycles. The zero-order chi connectivity index (χ0) is 23.5. The lowest BCUT2D eigenvalue weighted by molar-refractivity contribution is -0.324. The average molecular weight is 456 g/mol. The second-order valence-corrected chi connectivity index (χ2v) is 8.08. The Morgan fingerprint density at radius 3 is 2.66 bits per heavy atom. The van der Waals surface area contributed by atoms with Crippen molar-refractivity contribution in [1.82, 2.24) is 10.2 Å². The first-order valence-corrected chi connectivity index (χ1v) is 10.5. The van der Waals surface area contributed by atoms with Crippen LogP contribution in [0.3, 0.4) is 0 Å². The Kier molecular flexibility index (Phi) is 7.40. The molecule has 8 nitrogen and oxygen atoms in total. The molecule has 1 saturated carbocycles. The molecule has 1 unspecified atom stereocenters. The van der Waals surface area contributed by atoms with Crippen molar-refractivity contribution in [2.24, 2.45) is 11.7 Å². The fourth-order valence-electron chi connectivity index (χ4n) is 4.05. The number of nitrogens with two attached hydrogens (primary N) is 1. The van der Waals surface area contributed by atoms with Crippen LogP contribution in [0, 0.1) is 5.92 Å². The topological polar surface area (TPSA) is 114 Å². The van der Waals surface area contributed by atoms with Crippen molar-refractivity contribution in [3.8, 4) is 0 Å². The van der Waals surface area contributed by atoms with E-state index in [4.69, 9.17) is 5.73 Å². The van der Waals surface area contributed by atoms with Crippen LogP contribution in [0.5, 0.6) is 0 Å². The number of amides is 2. The molecule has 11 heteroatoms. The summed E-state index contributed by atoms with van der Waals surface area (Å²) in [6, 6.07) is 5.49. The molecule has 1 aromatic carbocycles. The number of halogens is 3. The van der Waals surface area contributed by atoms with E-state index in [1.54, 1.807) is 29.2 Å². The zero-order valence-electron chi connectivity index (χ0n) is 17.7. The number of Topliss-reactive ketones (excluding diaryl/α,β-unsaturated/α-hetero) is 1. The maximum absolute atomic E-state index is 12.9. The zero-order valence-corrected chi connectivity index (χ0v) is 17.7. The molecule has 1 aliphatic heterocycles. The lowest BCUT2D eigenvalue weighted by Crippen LogP contribution is -2.49. The van der Waals surface area contributed by atoms with Crippen LogP contribution in [0.15, 0.2) is 24.3 Å². The number of nitrogens with zero attached hydrogens (tertiary/aromatic N) is 1. The van der Waals surface area contributed by atoms with E-state index >= 15 is 0 Å². The van der Waals surface area contributed by atoms with Crippen molar-refractivity contribution in [3.05, 3.63) is 29.8 Å². The number of para-hydroxylation sites is 1. The summed E-state index contributed by atoms with van der Waals surface area (Å²) in [5, 5.41) is 5.61. The van der Waals surface area contributed by atoms with Gasteiger partial charge in [0.2, 0.25) is 11.8 Å². The van der Waals surface area contributed by atoms with Gasteiger partial charge in [-0.15, -0.1) is 13.2 Å². The number of ether oxygens (including phenoxy) is 1. The number of carbonyl (C=O) groups is 3. The van der Waals surface area contributed by atoms with Crippen molar-refractivity contribution < 1.29 is 32.3 Å². The van der Waals surface area contributed by atoms with Gasteiger partial charge in [0, 0.05) is 18.3 Å². The molecular formula is C21H27F3N4O4. The smallest absolute Gasteiger partial charge is 0.376 e. The number of fused-ring (bicyclic) bond motifs is 1. The molecule has 4 atom stereocenters. The Labute approximate surface area is 183 Å². The van der Waals surface area contributed by atoms with Crippen LogP contribution in [0.4, 0.5) is 18.9 Å². The molecular weight excluding hydrogens is 429 g/mol. The molecule has 1 aliphatic carbocycles. The van der Waals surface area contributed by atoms with E-state index in [1.807, 2.05) is 0 Å². The quantitative estimate of drug-likeness (QED) is 0.462. The summed E-state index contributed by atoms with van der Waals surface area (Å²) in [5.41, 5.74) is 7.09. The summed E-state index contributed by atoms with van der Waals surface area (Å²) in [6.07, 6.45) is -3.32. The second-order valence-electron chi connectivity index (χ2n) is 8.08. The van der Waals surface area contributed by atoms with Gasteiger partial charge in [-0.05, 0) is 43.7 Å². The van der Waals surface area contributed by atoms with Gasteiger partial charge in [-0.25, -0.2) is 0 Å². The predicted octanol–water partition coefficient (Wildman–Crippen LogP) is 1.72. The lowest BCUT2D eigenvalue weighted by Gasteiger charge is -2.27. The Balaban J connectivity index is 1.53. The van der Waals surface area contributed by atoms with Crippen molar-refractivity contribution >= 4 is 23.3 Å². The molecule has 32 heavy (non-hydrogen) atoms. The normalized spacial score (nSPS) is 22.8. The molecule has 4 N–H and O–H groups in total. The monoisotopic (exact) mass is 456 g/mol. The summed E-state index contributed by atoms with van der Waals surface area (Å²) >= 11 is 0.